The maximum Gasteiger partial charge on any atom is 0.184 e. The second-order valence-electron chi connectivity index (χ2n) is 6.13. The molecule has 0 amide bonds. The topological polar surface area (TPSA) is 21.6 Å². The second-order valence-corrected chi connectivity index (χ2v) is 7.11. The fourth-order valence-electron chi connectivity index (χ4n) is 2.85. The van der Waals surface area contributed by atoms with Gasteiger partial charge < -0.3 is 4.74 Å². The second kappa shape index (κ2) is 4.01. The molecule has 0 aromatic heterocycles. The smallest absolute Gasteiger partial charge is 0.184 e. The minimum Gasteiger partial charge on any atom is -0.476 e. The lowest BCUT2D eigenvalue weighted by Gasteiger charge is -2.46. The van der Waals surface area contributed by atoms with E-state index in [2.05, 4.69) is 48.6 Å². The summed E-state index contributed by atoms with van der Waals surface area (Å²) in [6.45, 7) is 9.89. The van der Waals surface area contributed by atoms with E-state index < -0.39 is 0 Å². The van der Waals surface area contributed by atoms with E-state index in [0.717, 1.165) is 18.9 Å². The zero-order valence-corrected chi connectivity index (χ0v) is 12.3. The molecule has 0 aromatic rings. The van der Waals surface area contributed by atoms with E-state index >= 15 is 0 Å². The lowest BCUT2D eigenvalue weighted by atomic mass is 9.64. The molecule has 2 aliphatic rings. The van der Waals surface area contributed by atoms with Crippen LogP contribution in [0.5, 0.6) is 0 Å². The van der Waals surface area contributed by atoms with Crippen molar-refractivity contribution in [3.63, 3.8) is 0 Å². The third-order valence-corrected chi connectivity index (χ3v) is 5.91. The molecule has 1 saturated heterocycles. The summed E-state index contributed by atoms with van der Waals surface area (Å²) >= 11 is 3.85. The largest absolute Gasteiger partial charge is 0.476 e. The van der Waals surface area contributed by atoms with Crippen molar-refractivity contribution >= 4 is 21.8 Å². The van der Waals surface area contributed by atoms with Crippen LogP contribution in [0.15, 0.2) is 4.99 Å². The van der Waals surface area contributed by atoms with E-state index in [0.29, 0.717) is 16.3 Å². The van der Waals surface area contributed by atoms with E-state index in [1.165, 1.54) is 12.8 Å². The van der Waals surface area contributed by atoms with Crippen LogP contribution < -0.4 is 0 Å². The molecular formula is C13H22BrNO. The molecule has 0 spiro atoms. The Morgan fingerprint density at radius 2 is 2.06 bits per heavy atom. The van der Waals surface area contributed by atoms with Gasteiger partial charge in [-0.1, -0.05) is 36.7 Å². The van der Waals surface area contributed by atoms with Gasteiger partial charge in [0.15, 0.2) is 5.90 Å². The lowest BCUT2D eigenvalue weighted by Crippen LogP contribution is -2.48. The molecule has 2 rings (SSSR count). The van der Waals surface area contributed by atoms with Gasteiger partial charge in [-0.2, -0.15) is 0 Å². The molecule has 1 aliphatic heterocycles. The van der Waals surface area contributed by atoms with Crippen LogP contribution in [0.2, 0.25) is 0 Å². The highest BCUT2D eigenvalue weighted by Crippen LogP contribution is 2.54. The Kier molecular flexibility index (Phi) is 3.11. The van der Waals surface area contributed by atoms with Crippen LogP contribution in [-0.4, -0.2) is 23.4 Å². The van der Waals surface area contributed by atoms with Crippen molar-refractivity contribution in [2.24, 2.45) is 15.8 Å². The number of hydrogen-bond acceptors (Lipinski definition) is 2. The number of ether oxygens (including phenoxy) is 1. The van der Waals surface area contributed by atoms with E-state index in [1.54, 1.807) is 0 Å². The lowest BCUT2D eigenvalue weighted by molar-refractivity contribution is 0.0169. The summed E-state index contributed by atoms with van der Waals surface area (Å²) < 4.78 is 6.06. The van der Waals surface area contributed by atoms with Gasteiger partial charge in [0.1, 0.15) is 6.10 Å². The molecule has 3 heteroatoms. The molecule has 0 aromatic carbocycles. The molecule has 2 nitrogen and oxygen atoms in total. The van der Waals surface area contributed by atoms with E-state index in [9.17, 15) is 0 Å². The Morgan fingerprint density at radius 3 is 2.69 bits per heavy atom. The first-order valence-corrected chi connectivity index (χ1v) is 7.15. The number of rotatable bonds is 1. The summed E-state index contributed by atoms with van der Waals surface area (Å²) in [5, 5.41) is 0. The first-order chi connectivity index (χ1) is 7.39. The van der Waals surface area contributed by atoms with Crippen LogP contribution >= 0.6 is 15.9 Å². The van der Waals surface area contributed by atoms with E-state index in [1.807, 2.05) is 0 Å². The molecule has 0 N–H and O–H groups in total. The molecule has 0 radical (unpaired) electrons. The van der Waals surface area contributed by atoms with Gasteiger partial charge in [-0.15, -0.1) is 0 Å². The standard InChI is InChI=1S/C13H22BrNO/c1-5-15-9-8-13(4)7-6-12(2,3)10(14)11(13)16-9/h10-11H,5-8H2,1-4H3. The predicted octanol–water partition coefficient (Wildman–Crippen LogP) is 3.78. The summed E-state index contributed by atoms with van der Waals surface area (Å²) in [5.74, 6) is 0.970. The Bertz CT molecular complexity index is 313. The minimum absolute atomic E-state index is 0.289. The van der Waals surface area contributed by atoms with Crippen molar-refractivity contribution in [2.75, 3.05) is 6.54 Å². The molecule has 1 saturated carbocycles. The number of fused-ring (bicyclic) bond motifs is 1. The summed E-state index contributed by atoms with van der Waals surface area (Å²) in [4.78, 5) is 4.88. The van der Waals surface area contributed by atoms with Gasteiger partial charge in [0, 0.05) is 18.4 Å². The molecule has 92 valence electrons. The highest BCUT2D eigenvalue weighted by Gasteiger charge is 2.54. The fraction of sp³-hybridized carbons (Fsp3) is 0.923. The Labute approximate surface area is 107 Å². The van der Waals surface area contributed by atoms with Crippen LogP contribution in [0.1, 0.15) is 47.0 Å². The van der Waals surface area contributed by atoms with Gasteiger partial charge in [-0.05, 0) is 25.2 Å². The quantitative estimate of drug-likeness (QED) is 0.673. The number of alkyl halides is 1. The van der Waals surface area contributed by atoms with Gasteiger partial charge in [-0.25, -0.2) is 0 Å². The Hall–Kier alpha value is -0.0500. The summed E-state index contributed by atoms with van der Waals surface area (Å²) in [5.41, 5.74) is 0.615. The van der Waals surface area contributed by atoms with Crippen molar-refractivity contribution in [3.8, 4) is 0 Å². The van der Waals surface area contributed by atoms with Gasteiger partial charge in [-0.3, -0.25) is 4.99 Å². The van der Waals surface area contributed by atoms with Crippen LogP contribution in [0.4, 0.5) is 0 Å². The van der Waals surface area contributed by atoms with Gasteiger partial charge in [0.2, 0.25) is 0 Å². The SMILES string of the molecule is CCN=C1CC2(C)CCC(C)(C)C(Br)C2O1. The van der Waals surface area contributed by atoms with Crippen LogP contribution in [0, 0.1) is 10.8 Å². The predicted molar refractivity (Wildman–Crippen MR) is 71.3 cm³/mol. The first-order valence-electron chi connectivity index (χ1n) is 6.23. The minimum atomic E-state index is 0.289. The molecule has 3 unspecified atom stereocenters. The van der Waals surface area contributed by atoms with Crippen LogP contribution in [0.25, 0.3) is 0 Å². The molecule has 1 aliphatic carbocycles. The summed E-state index contributed by atoms with van der Waals surface area (Å²) in [6, 6.07) is 0. The van der Waals surface area contributed by atoms with Crippen molar-refractivity contribution in [1.82, 2.24) is 0 Å². The molecule has 2 fully saturated rings. The number of nitrogens with zero attached hydrogens (tertiary/aromatic N) is 1. The highest BCUT2D eigenvalue weighted by molar-refractivity contribution is 9.09. The van der Waals surface area contributed by atoms with Crippen molar-refractivity contribution in [1.29, 1.82) is 0 Å². The average molecular weight is 288 g/mol. The molecule has 1 heterocycles. The normalized spacial score (nSPS) is 44.2. The van der Waals surface area contributed by atoms with Gasteiger partial charge >= 0.3 is 0 Å². The highest BCUT2D eigenvalue weighted by atomic mass is 79.9. The number of halogens is 1. The Morgan fingerprint density at radius 1 is 1.38 bits per heavy atom. The maximum absolute atomic E-state index is 6.06. The third kappa shape index (κ3) is 1.92. The van der Waals surface area contributed by atoms with Gasteiger partial charge in [0.25, 0.3) is 0 Å². The zero-order valence-electron chi connectivity index (χ0n) is 10.7. The zero-order chi connectivity index (χ0) is 12.0. The van der Waals surface area contributed by atoms with Gasteiger partial charge in [0.05, 0.1) is 4.83 Å². The van der Waals surface area contributed by atoms with E-state index in [-0.39, 0.29) is 5.41 Å². The Balaban J connectivity index is 2.23. The summed E-state index contributed by atoms with van der Waals surface area (Å²) in [6.07, 6.45) is 3.82. The first kappa shape index (κ1) is 12.4. The number of aliphatic imine (C=N–C) groups is 1. The molecule has 3 atom stereocenters. The number of hydrogen-bond donors (Lipinski definition) is 0. The molecule has 0 bridgehead atoms. The summed E-state index contributed by atoms with van der Waals surface area (Å²) in [7, 11) is 0. The fourth-order valence-corrected chi connectivity index (χ4v) is 3.82. The van der Waals surface area contributed by atoms with Crippen LogP contribution in [-0.2, 0) is 4.74 Å². The average Bonchev–Trinajstić information content (AvgIpc) is 2.52. The molecular weight excluding hydrogens is 266 g/mol. The van der Waals surface area contributed by atoms with E-state index in [4.69, 9.17) is 4.74 Å². The monoisotopic (exact) mass is 287 g/mol. The van der Waals surface area contributed by atoms with Crippen molar-refractivity contribution < 1.29 is 4.74 Å². The van der Waals surface area contributed by atoms with Crippen molar-refractivity contribution in [2.45, 2.75) is 57.9 Å². The maximum atomic E-state index is 6.06. The third-order valence-electron chi connectivity index (χ3n) is 4.19. The van der Waals surface area contributed by atoms with Crippen LogP contribution in [0.3, 0.4) is 0 Å². The molecule has 16 heavy (non-hydrogen) atoms. The van der Waals surface area contributed by atoms with Crippen molar-refractivity contribution in [3.05, 3.63) is 0 Å².